The molecule has 3 aromatic rings. The van der Waals surface area contributed by atoms with Crippen molar-refractivity contribution in [2.75, 3.05) is 17.7 Å². The van der Waals surface area contributed by atoms with Crippen molar-refractivity contribution in [3.8, 4) is 11.3 Å². The summed E-state index contributed by atoms with van der Waals surface area (Å²) < 4.78 is 39.7. The topological polar surface area (TPSA) is 149 Å². The van der Waals surface area contributed by atoms with Crippen LogP contribution >= 0.6 is 0 Å². The average molecular weight is 448 g/mol. The minimum Gasteiger partial charge on any atom is -0.394 e. The summed E-state index contributed by atoms with van der Waals surface area (Å²) in [4.78, 5) is 28.0. The van der Waals surface area contributed by atoms with E-state index >= 15 is 0 Å². The molecule has 2 amide bonds. The van der Waals surface area contributed by atoms with Gasteiger partial charge in [-0.05, 0) is 31.2 Å². The lowest BCUT2D eigenvalue weighted by Crippen LogP contribution is -2.17. The van der Waals surface area contributed by atoms with E-state index in [4.69, 9.17) is 11.5 Å². The highest BCUT2D eigenvalue weighted by molar-refractivity contribution is 6.05. The Labute approximate surface area is 179 Å². The Balaban J connectivity index is 1.87. The second kappa shape index (κ2) is 8.67. The van der Waals surface area contributed by atoms with Crippen LogP contribution in [0.25, 0.3) is 11.3 Å². The summed E-state index contributed by atoms with van der Waals surface area (Å²) in [5.41, 5.74) is 11.1. The zero-order chi connectivity index (χ0) is 23.6. The van der Waals surface area contributed by atoms with Crippen molar-refractivity contribution >= 4 is 23.5 Å². The number of primary amides is 1. The van der Waals surface area contributed by atoms with Crippen LogP contribution in [0, 0.1) is 0 Å². The van der Waals surface area contributed by atoms with Crippen LogP contribution in [-0.2, 0) is 6.18 Å². The van der Waals surface area contributed by atoms with E-state index in [0.29, 0.717) is 5.56 Å². The van der Waals surface area contributed by atoms with E-state index in [1.807, 2.05) is 0 Å². The first-order valence-electron chi connectivity index (χ1n) is 9.26. The molecule has 32 heavy (non-hydrogen) atoms. The third-order valence-electron chi connectivity index (χ3n) is 4.63. The summed E-state index contributed by atoms with van der Waals surface area (Å²) in [6, 6.07) is 6.77. The van der Waals surface area contributed by atoms with Gasteiger partial charge in [0.1, 0.15) is 22.9 Å². The number of rotatable bonds is 6. The third kappa shape index (κ3) is 4.54. The SMILES string of the molecule is CC(CO)n1nc(-c2ccc(C(=O)Nc3cc(C(F)(F)F)ccn3)cc2)c(C(N)=O)c1N. The van der Waals surface area contributed by atoms with Gasteiger partial charge in [-0.15, -0.1) is 0 Å². The van der Waals surface area contributed by atoms with Gasteiger partial charge in [0.05, 0.1) is 18.2 Å². The van der Waals surface area contributed by atoms with Crippen LogP contribution in [0.4, 0.5) is 24.8 Å². The van der Waals surface area contributed by atoms with Gasteiger partial charge in [0, 0.05) is 17.3 Å². The number of alkyl halides is 3. The largest absolute Gasteiger partial charge is 0.416 e. The van der Waals surface area contributed by atoms with Gasteiger partial charge in [-0.1, -0.05) is 12.1 Å². The number of aliphatic hydroxyl groups excluding tert-OH is 1. The van der Waals surface area contributed by atoms with E-state index in [1.54, 1.807) is 6.92 Å². The fourth-order valence-electron chi connectivity index (χ4n) is 2.95. The molecule has 0 aliphatic carbocycles. The van der Waals surface area contributed by atoms with Crippen molar-refractivity contribution in [1.82, 2.24) is 14.8 Å². The van der Waals surface area contributed by atoms with Gasteiger partial charge < -0.3 is 21.9 Å². The van der Waals surface area contributed by atoms with Crippen molar-refractivity contribution in [2.45, 2.75) is 19.1 Å². The molecule has 0 aliphatic rings. The minimum atomic E-state index is -4.57. The molecule has 0 radical (unpaired) electrons. The molecule has 1 atom stereocenters. The number of aromatic nitrogens is 3. The van der Waals surface area contributed by atoms with Crippen LogP contribution in [0.5, 0.6) is 0 Å². The maximum absolute atomic E-state index is 12.8. The summed E-state index contributed by atoms with van der Waals surface area (Å²) in [5.74, 6) is -1.76. The molecule has 6 N–H and O–H groups in total. The van der Waals surface area contributed by atoms with Gasteiger partial charge in [0.25, 0.3) is 11.8 Å². The number of nitrogens with one attached hydrogen (secondary N) is 1. The van der Waals surface area contributed by atoms with Crippen molar-refractivity contribution in [3.05, 3.63) is 59.3 Å². The standard InChI is InChI=1S/C20H19F3N6O3/c1-10(9-30)29-17(24)15(18(25)31)16(28-29)11-2-4-12(5-3-11)19(32)27-14-8-13(6-7-26-14)20(21,22)23/h2-8,10,30H,9,24H2,1H3,(H2,25,31)(H,26,27,32). The molecule has 1 unspecified atom stereocenters. The summed E-state index contributed by atoms with van der Waals surface area (Å²) in [6.45, 7) is 1.37. The summed E-state index contributed by atoms with van der Waals surface area (Å²) in [6.07, 6.45) is -3.62. The zero-order valence-corrected chi connectivity index (χ0v) is 16.7. The predicted molar refractivity (Wildman–Crippen MR) is 110 cm³/mol. The Morgan fingerprint density at radius 2 is 1.88 bits per heavy atom. The summed E-state index contributed by atoms with van der Waals surface area (Å²) in [5, 5.41) is 15.9. The normalized spacial score (nSPS) is 12.4. The Bertz CT molecular complexity index is 1160. The molecule has 0 spiro atoms. The molecule has 0 fully saturated rings. The van der Waals surface area contributed by atoms with E-state index < -0.39 is 29.6 Å². The Kier molecular flexibility index (Phi) is 6.16. The second-order valence-electron chi connectivity index (χ2n) is 6.91. The predicted octanol–water partition coefficient (Wildman–Crippen LogP) is 2.45. The molecular formula is C20H19F3N6O3. The first kappa shape index (κ1) is 22.7. The molecule has 168 valence electrons. The quantitative estimate of drug-likeness (QED) is 0.455. The summed E-state index contributed by atoms with van der Waals surface area (Å²) in [7, 11) is 0. The highest BCUT2D eigenvalue weighted by Crippen LogP contribution is 2.31. The molecule has 12 heteroatoms. The van der Waals surface area contributed by atoms with Crippen molar-refractivity contribution in [3.63, 3.8) is 0 Å². The number of amides is 2. The number of aliphatic hydroxyl groups is 1. The number of anilines is 2. The number of nitrogen functional groups attached to an aromatic ring is 1. The van der Waals surface area contributed by atoms with Crippen molar-refractivity contribution < 1.29 is 27.9 Å². The monoisotopic (exact) mass is 448 g/mol. The maximum atomic E-state index is 12.8. The van der Waals surface area contributed by atoms with Crippen LogP contribution in [0.3, 0.4) is 0 Å². The molecule has 0 aliphatic heterocycles. The van der Waals surface area contributed by atoms with Crippen LogP contribution in [-0.4, -0.2) is 38.3 Å². The van der Waals surface area contributed by atoms with Gasteiger partial charge in [-0.2, -0.15) is 18.3 Å². The van der Waals surface area contributed by atoms with Gasteiger partial charge in [0.2, 0.25) is 0 Å². The fourth-order valence-corrected chi connectivity index (χ4v) is 2.95. The molecule has 0 bridgehead atoms. The number of benzene rings is 1. The number of carbonyl (C=O) groups is 2. The first-order chi connectivity index (χ1) is 15.0. The van der Waals surface area contributed by atoms with E-state index in [-0.39, 0.29) is 35.1 Å². The Hall–Kier alpha value is -3.93. The number of hydrogen-bond acceptors (Lipinski definition) is 6. The van der Waals surface area contributed by atoms with Crippen molar-refractivity contribution in [2.24, 2.45) is 5.73 Å². The van der Waals surface area contributed by atoms with Crippen LogP contribution in [0.2, 0.25) is 0 Å². The molecule has 2 heterocycles. The van der Waals surface area contributed by atoms with Crippen LogP contribution in [0.1, 0.15) is 39.2 Å². The second-order valence-corrected chi connectivity index (χ2v) is 6.91. The number of hydrogen-bond donors (Lipinski definition) is 4. The average Bonchev–Trinajstić information content (AvgIpc) is 3.10. The number of nitrogens with zero attached hydrogens (tertiary/aromatic N) is 3. The molecule has 2 aromatic heterocycles. The molecule has 3 rings (SSSR count). The van der Waals surface area contributed by atoms with Crippen molar-refractivity contribution in [1.29, 1.82) is 0 Å². The highest BCUT2D eigenvalue weighted by Gasteiger charge is 2.31. The van der Waals surface area contributed by atoms with E-state index in [2.05, 4.69) is 15.4 Å². The van der Waals surface area contributed by atoms with E-state index in [9.17, 15) is 27.9 Å². The lowest BCUT2D eigenvalue weighted by molar-refractivity contribution is -0.137. The minimum absolute atomic E-state index is 0.00788. The number of pyridine rings is 1. The lowest BCUT2D eigenvalue weighted by Gasteiger charge is -2.10. The maximum Gasteiger partial charge on any atom is 0.416 e. The molecular weight excluding hydrogens is 429 g/mol. The van der Waals surface area contributed by atoms with E-state index in [1.165, 1.54) is 28.9 Å². The summed E-state index contributed by atoms with van der Waals surface area (Å²) >= 11 is 0. The van der Waals surface area contributed by atoms with Gasteiger partial charge >= 0.3 is 6.18 Å². The molecule has 0 saturated carbocycles. The molecule has 9 nitrogen and oxygen atoms in total. The third-order valence-corrected chi connectivity index (χ3v) is 4.63. The van der Waals surface area contributed by atoms with Crippen LogP contribution < -0.4 is 16.8 Å². The molecule has 1 aromatic carbocycles. The van der Waals surface area contributed by atoms with Crippen LogP contribution in [0.15, 0.2) is 42.6 Å². The Morgan fingerprint density at radius 1 is 1.22 bits per heavy atom. The fraction of sp³-hybridized carbons (Fsp3) is 0.200. The van der Waals surface area contributed by atoms with Gasteiger partial charge in [-0.3, -0.25) is 9.59 Å². The zero-order valence-electron chi connectivity index (χ0n) is 16.7. The van der Waals surface area contributed by atoms with E-state index in [0.717, 1.165) is 18.3 Å². The number of halogens is 3. The number of carbonyl (C=O) groups excluding carboxylic acids is 2. The Morgan fingerprint density at radius 3 is 2.44 bits per heavy atom. The first-order valence-corrected chi connectivity index (χ1v) is 9.26. The smallest absolute Gasteiger partial charge is 0.394 e. The lowest BCUT2D eigenvalue weighted by atomic mass is 10.0. The molecule has 0 saturated heterocycles. The number of nitrogens with two attached hydrogens (primary N) is 2. The van der Waals surface area contributed by atoms with Gasteiger partial charge in [0.15, 0.2) is 0 Å². The van der Waals surface area contributed by atoms with Gasteiger partial charge in [-0.25, -0.2) is 9.67 Å². The highest BCUT2D eigenvalue weighted by atomic mass is 19.4.